The molecule has 0 saturated heterocycles. The molecule has 0 bridgehead atoms. The fourth-order valence-corrected chi connectivity index (χ4v) is 2.03. The van der Waals surface area contributed by atoms with Crippen molar-refractivity contribution in [2.24, 2.45) is 0 Å². The number of hydrogen-bond donors (Lipinski definition) is 1. The number of allylic oxidation sites excluding steroid dienone is 1. The molecular weight excluding hydrogens is 256 g/mol. The number of benzene rings is 1. The van der Waals surface area contributed by atoms with Gasteiger partial charge in [-0.1, -0.05) is 18.7 Å². The summed E-state index contributed by atoms with van der Waals surface area (Å²) in [6.07, 6.45) is 4.75. The molecule has 0 aliphatic heterocycles. The summed E-state index contributed by atoms with van der Waals surface area (Å²) in [7, 11) is 0. The molecule has 0 saturated carbocycles. The lowest BCUT2D eigenvalue weighted by molar-refractivity contribution is 0.101. The van der Waals surface area contributed by atoms with Crippen molar-refractivity contribution in [3.8, 4) is 5.75 Å². The van der Waals surface area contributed by atoms with Crippen LogP contribution in [0.5, 0.6) is 5.75 Å². The third-order valence-corrected chi connectivity index (χ3v) is 2.96. The lowest BCUT2D eigenvalue weighted by atomic mass is 10.0. The molecule has 1 heterocycles. The lowest BCUT2D eigenvalue weighted by Crippen LogP contribution is -2.04. The van der Waals surface area contributed by atoms with Gasteiger partial charge in [-0.3, -0.25) is 9.59 Å². The van der Waals surface area contributed by atoms with Crippen molar-refractivity contribution in [2.75, 3.05) is 0 Å². The van der Waals surface area contributed by atoms with Gasteiger partial charge in [0, 0.05) is 6.07 Å². The van der Waals surface area contributed by atoms with Crippen LogP contribution in [0.15, 0.2) is 34.0 Å². The zero-order chi connectivity index (χ0) is 14.9. The van der Waals surface area contributed by atoms with Crippen molar-refractivity contribution in [2.45, 2.75) is 13.8 Å². The number of phenols is 1. The van der Waals surface area contributed by atoms with Crippen LogP contribution in [0.2, 0.25) is 0 Å². The number of carbonyl (C=O) groups is 1. The predicted octanol–water partition coefficient (Wildman–Crippen LogP) is 3.38. The normalized spacial score (nSPS) is 11.1. The molecule has 0 fully saturated rings. The molecule has 0 atom stereocenters. The van der Waals surface area contributed by atoms with Gasteiger partial charge in [0.2, 0.25) is 0 Å². The van der Waals surface area contributed by atoms with Gasteiger partial charge in [-0.05, 0) is 26.0 Å². The van der Waals surface area contributed by atoms with Crippen molar-refractivity contribution in [1.82, 2.24) is 0 Å². The molecule has 4 heteroatoms. The summed E-state index contributed by atoms with van der Waals surface area (Å²) in [6, 6.07) is 2.70. The van der Waals surface area contributed by atoms with Crippen molar-refractivity contribution >= 4 is 28.9 Å². The van der Waals surface area contributed by atoms with E-state index in [0.717, 1.165) is 0 Å². The van der Waals surface area contributed by atoms with E-state index < -0.39 is 0 Å². The summed E-state index contributed by atoms with van der Waals surface area (Å²) in [5.74, 6) is -0.173. The Labute approximate surface area is 115 Å². The maximum absolute atomic E-state index is 12.1. The molecule has 2 aromatic rings. The minimum absolute atomic E-state index is 0.0819. The fraction of sp³-hybridized carbons (Fsp3) is 0.125. The van der Waals surface area contributed by atoms with Gasteiger partial charge in [0.25, 0.3) is 0 Å². The Hall–Kier alpha value is -2.62. The molecule has 1 N–H and O–H groups in total. The highest BCUT2D eigenvalue weighted by atomic mass is 16.3. The molecular formula is C16H14O4. The van der Waals surface area contributed by atoms with E-state index in [1.54, 1.807) is 19.1 Å². The van der Waals surface area contributed by atoms with E-state index in [9.17, 15) is 14.7 Å². The molecule has 0 aliphatic carbocycles. The molecule has 102 valence electrons. The smallest absolute Gasteiger partial charge is 0.193 e. The summed E-state index contributed by atoms with van der Waals surface area (Å²) in [5, 5.41) is 10.3. The van der Waals surface area contributed by atoms with Gasteiger partial charge in [0.05, 0.1) is 16.5 Å². The Morgan fingerprint density at radius 1 is 1.40 bits per heavy atom. The zero-order valence-electron chi connectivity index (χ0n) is 11.3. The highest BCUT2D eigenvalue weighted by Gasteiger charge is 2.17. The van der Waals surface area contributed by atoms with Crippen LogP contribution in [-0.2, 0) is 0 Å². The molecule has 0 unspecified atom stereocenters. The van der Waals surface area contributed by atoms with Crippen molar-refractivity contribution in [3.63, 3.8) is 0 Å². The van der Waals surface area contributed by atoms with Crippen molar-refractivity contribution in [3.05, 3.63) is 51.9 Å². The van der Waals surface area contributed by atoms with Crippen LogP contribution in [0.25, 0.3) is 23.1 Å². The Balaban J connectivity index is 2.99. The SMILES string of the molecule is C=Cc1c(O)c(C(C)=O)cc2c(=O)cc(/C=C/C)oc12. The molecule has 0 amide bonds. The number of rotatable bonds is 3. The first-order valence-corrected chi connectivity index (χ1v) is 6.09. The molecule has 0 spiro atoms. The van der Waals surface area contributed by atoms with Gasteiger partial charge in [-0.25, -0.2) is 0 Å². The van der Waals surface area contributed by atoms with Crippen LogP contribution in [0.3, 0.4) is 0 Å². The summed E-state index contributed by atoms with van der Waals surface area (Å²) in [4.78, 5) is 23.6. The van der Waals surface area contributed by atoms with E-state index in [-0.39, 0.29) is 39.1 Å². The number of aromatic hydroxyl groups is 1. The lowest BCUT2D eigenvalue weighted by Gasteiger charge is -2.08. The Kier molecular flexibility index (Phi) is 3.57. The van der Waals surface area contributed by atoms with Crippen LogP contribution in [0.4, 0.5) is 0 Å². The largest absolute Gasteiger partial charge is 0.506 e. The second-order valence-electron chi connectivity index (χ2n) is 4.34. The number of hydrogen-bond acceptors (Lipinski definition) is 4. The maximum Gasteiger partial charge on any atom is 0.193 e. The van der Waals surface area contributed by atoms with E-state index in [1.807, 2.05) is 0 Å². The Bertz CT molecular complexity index is 794. The standard InChI is InChI=1S/C16H14O4/c1-4-6-10-7-14(18)13-8-12(9(3)17)15(19)11(5-2)16(13)20-10/h4-8,19H,2H2,1,3H3/b6-4+. The van der Waals surface area contributed by atoms with Gasteiger partial charge in [0.15, 0.2) is 11.2 Å². The topological polar surface area (TPSA) is 67.5 Å². The summed E-state index contributed by atoms with van der Waals surface area (Å²) >= 11 is 0. The first kappa shape index (κ1) is 13.8. The Morgan fingerprint density at radius 2 is 2.10 bits per heavy atom. The monoisotopic (exact) mass is 270 g/mol. The molecule has 4 nitrogen and oxygen atoms in total. The zero-order valence-corrected chi connectivity index (χ0v) is 11.3. The first-order valence-electron chi connectivity index (χ1n) is 6.09. The number of Topliss-reactive ketones (excluding diaryl/α,β-unsaturated/α-hetero) is 1. The van der Waals surface area contributed by atoms with E-state index in [4.69, 9.17) is 4.42 Å². The van der Waals surface area contributed by atoms with Crippen LogP contribution < -0.4 is 5.43 Å². The molecule has 20 heavy (non-hydrogen) atoms. The highest BCUT2D eigenvalue weighted by molar-refractivity contribution is 6.03. The number of phenolic OH excluding ortho intramolecular Hbond substituents is 1. The van der Waals surface area contributed by atoms with Crippen molar-refractivity contribution < 1.29 is 14.3 Å². The molecule has 1 aromatic carbocycles. The van der Waals surface area contributed by atoms with Crippen molar-refractivity contribution in [1.29, 1.82) is 0 Å². The molecule has 1 aromatic heterocycles. The summed E-state index contributed by atoms with van der Waals surface area (Å²) in [6.45, 7) is 6.72. The van der Waals surface area contributed by atoms with E-state index in [2.05, 4.69) is 6.58 Å². The molecule has 0 aliphatic rings. The van der Waals surface area contributed by atoms with Gasteiger partial charge < -0.3 is 9.52 Å². The number of carbonyl (C=O) groups excluding carboxylic acids is 1. The van der Waals surface area contributed by atoms with Gasteiger partial charge in [0.1, 0.15) is 17.1 Å². The van der Waals surface area contributed by atoms with E-state index >= 15 is 0 Å². The van der Waals surface area contributed by atoms with Crippen LogP contribution in [0.1, 0.15) is 35.5 Å². The van der Waals surface area contributed by atoms with Crippen LogP contribution in [0, 0.1) is 0 Å². The van der Waals surface area contributed by atoms with E-state index in [1.165, 1.54) is 25.1 Å². The summed E-state index contributed by atoms with van der Waals surface area (Å²) in [5.41, 5.74) is 0.280. The maximum atomic E-state index is 12.1. The van der Waals surface area contributed by atoms with Crippen LogP contribution in [-0.4, -0.2) is 10.9 Å². The highest BCUT2D eigenvalue weighted by Crippen LogP contribution is 2.31. The van der Waals surface area contributed by atoms with Crippen LogP contribution >= 0.6 is 0 Å². The average Bonchev–Trinajstić information content (AvgIpc) is 2.38. The third-order valence-electron chi connectivity index (χ3n) is 2.96. The number of fused-ring (bicyclic) bond motifs is 1. The fourth-order valence-electron chi connectivity index (χ4n) is 2.03. The van der Waals surface area contributed by atoms with E-state index in [0.29, 0.717) is 5.76 Å². The average molecular weight is 270 g/mol. The van der Waals surface area contributed by atoms with Gasteiger partial charge >= 0.3 is 0 Å². The quantitative estimate of drug-likeness (QED) is 0.868. The molecule has 2 rings (SSSR count). The molecule has 0 radical (unpaired) electrons. The third kappa shape index (κ3) is 2.16. The van der Waals surface area contributed by atoms with Gasteiger partial charge in [-0.15, -0.1) is 0 Å². The number of ketones is 1. The summed E-state index contributed by atoms with van der Waals surface area (Å²) < 4.78 is 5.59. The predicted molar refractivity (Wildman–Crippen MR) is 79.0 cm³/mol. The van der Waals surface area contributed by atoms with Gasteiger partial charge in [-0.2, -0.15) is 0 Å². The minimum Gasteiger partial charge on any atom is -0.506 e. The second kappa shape index (κ2) is 5.17. The Morgan fingerprint density at radius 3 is 2.65 bits per heavy atom. The minimum atomic E-state index is -0.329. The second-order valence-corrected chi connectivity index (χ2v) is 4.34. The first-order chi connectivity index (χ1) is 9.49.